The number of halogens is 2. The van der Waals surface area contributed by atoms with Crippen LogP contribution >= 0.6 is 15.9 Å². The van der Waals surface area contributed by atoms with Gasteiger partial charge in [0.05, 0.1) is 16.7 Å². The van der Waals surface area contributed by atoms with Crippen LogP contribution in [0.2, 0.25) is 0 Å². The molecule has 4 rings (SSSR count). The van der Waals surface area contributed by atoms with Crippen molar-refractivity contribution >= 4 is 34.0 Å². The van der Waals surface area contributed by atoms with Crippen LogP contribution in [0, 0.1) is 0 Å². The zero-order valence-corrected chi connectivity index (χ0v) is 17.5. The number of aromatic nitrogens is 1. The number of allylic oxidation sites excluding steroid dienone is 1. The molecular formula is C20H24BBrFNO2. The second-order valence-electron chi connectivity index (χ2n) is 8.56. The monoisotopic (exact) mass is 419 g/mol. The summed E-state index contributed by atoms with van der Waals surface area (Å²) in [6.07, 6.45) is 5.72. The van der Waals surface area contributed by atoms with Crippen molar-refractivity contribution in [3.05, 3.63) is 46.2 Å². The number of benzene rings is 1. The van der Waals surface area contributed by atoms with Crippen LogP contribution < -0.4 is 0 Å². The zero-order chi connectivity index (χ0) is 18.9. The molecule has 0 radical (unpaired) electrons. The van der Waals surface area contributed by atoms with Crippen LogP contribution in [0.3, 0.4) is 0 Å². The molecule has 1 aromatic carbocycles. The molecule has 3 nitrogen and oxygen atoms in total. The molecule has 2 heterocycles. The quantitative estimate of drug-likeness (QED) is 0.616. The van der Waals surface area contributed by atoms with E-state index in [1.807, 2.05) is 46.9 Å². The lowest BCUT2D eigenvalue weighted by molar-refractivity contribution is 0.00578. The number of hydrogen-bond acceptors (Lipinski definition) is 2. The SMILES string of the molecule is Cn1cc(C2(C=C(F)B3OC(C)(C)C(C)(C)O3)CC2)c2cccc(Br)c21. The molecule has 0 spiro atoms. The van der Waals surface area contributed by atoms with E-state index in [2.05, 4.69) is 32.8 Å². The van der Waals surface area contributed by atoms with E-state index in [0.29, 0.717) is 0 Å². The molecule has 1 aromatic heterocycles. The number of para-hydroxylation sites is 1. The van der Waals surface area contributed by atoms with Gasteiger partial charge in [-0.1, -0.05) is 12.1 Å². The summed E-state index contributed by atoms with van der Waals surface area (Å²) in [5.74, 6) is 0. The first-order valence-corrected chi connectivity index (χ1v) is 9.84. The average Bonchev–Trinajstić information content (AvgIpc) is 3.16. The molecule has 1 saturated carbocycles. The van der Waals surface area contributed by atoms with Crippen molar-refractivity contribution in [3.63, 3.8) is 0 Å². The van der Waals surface area contributed by atoms with Crippen LogP contribution in [0.25, 0.3) is 10.9 Å². The third kappa shape index (κ3) is 2.69. The molecule has 2 fully saturated rings. The summed E-state index contributed by atoms with van der Waals surface area (Å²) in [7, 11) is 1.10. The minimum atomic E-state index is -0.931. The number of aryl methyl sites for hydroxylation is 1. The predicted molar refractivity (Wildman–Crippen MR) is 107 cm³/mol. The summed E-state index contributed by atoms with van der Waals surface area (Å²) in [5.41, 5.74) is 0.635. The van der Waals surface area contributed by atoms with Crippen molar-refractivity contribution in [3.8, 4) is 0 Å². The Balaban J connectivity index is 1.71. The third-order valence-electron chi connectivity index (χ3n) is 6.17. The standard InChI is InChI=1S/C20H24BBrFNO2/c1-18(2)19(3,4)26-21(25-18)16(23)11-20(9-10-20)14-12-24(5)17-13(14)7-6-8-15(17)22/h6-8,11-12H,9-10H2,1-5H3. The van der Waals surface area contributed by atoms with Gasteiger partial charge < -0.3 is 13.9 Å². The fraction of sp³-hybridized carbons (Fsp3) is 0.500. The molecule has 0 N–H and O–H groups in total. The molecule has 1 saturated heterocycles. The normalized spacial score (nSPS) is 23.7. The van der Waals surface area contributed by atoms with Crippen LogP contribution in [0.5, 0.6) is 0 Å². The highest BCUT2D eigenvalue weighted by Crippen LogP contribution is 2.53. The van der Waals surface area contributed by atoms with Crippen LogP contribution in [-0.4, -0.2) is 22.9 Å². The maximum atomic E-state index is 15.1. The summed E-state index contributed by atoms with van der Waals surface area (Å²) in [6.45, 7) is 7.76. The van der Waals surface area contributed by atoms with Gasteiger partial charge in [-0.05, 0) is 74.2 Å². The maximum absolute atomic E-state index is 15.1. The van der Waals surface area contributed by atoms with Crippen molar-refractivity contribution in [1.82, 2.24) is 4.57 Å². The number of fused-ring (bicyclic) bond motifs is 1. The molecule has 0 atom stereocenters. The van der Waals surface area contributed by atoms with E-state index in [4.69, 9.17) is 9.31 Å². The Morgan fingerprint density at radius 1 is 1.19 bits per heavy atom. The van der Waals surface area contributed by atoms with E-state index in [1.165, 1.54) is 5.56 Å². The van der Waals surface area contributed by atoms with Crippen LogP contribution in [0.1, 0.15) is 46.1 Å². The molecule has 0 amide bonds. The van der Waals surface area contributed by atoms with Gasteiger partial charge in [-0.25, -0.2) is 4.39 Å². The maximum Gasteiger partial charge on any atom is 0.524 e. The van der Waals surface area contributed by atoms with Crippen LogP contribution in [0.4, 0.5) is 4.39 Å². The Morgan fingerprint density at radius 3 is 2.38 bits per heavy atom. The van der Waals surface area contributed by atoms with Gasteiger partial charge >= 0.3 is 7.12 Å². The lowest BCUT2D eigenvalue weighted by Crippen LogP contribution is -2.41. The molecule has 1 aliphatic heterocycles. The summed E-state index contributed by atoms with van der Waals surface area (Å²) < 4.78 is 30.0. The van der Waals surface area contributed by atoms with Crippen molar-refractivity contribution < 1.29 is 13.7 Å². The lowest BCUT2D eigenvalue weighted by atomic mass is 9.83. The first-order chi connectivity index (χ1) is 12.1. The van der Waals surface area contributed by atoms with Gasteiger partial charge in [-0.3, -0.25) is 0 Å². The Kier molecular flexibility index (Phi) is 4.00. The van der Waals surface area contributed by atoms with E-state index in [0.717, 1.165) is 28.2 Å². The highest BCUT2D eigenvalue weighted by atomic mass is 79.9. The molecule has 0 unspecified atom stereocenters. The molecule has 138 valence electrons. The second-order valence-corrected chi connectivity index (χ2v) is 9.42. The molecule has 0 bridgehead atoms. The van der Waals surface area contributed by atoms with Gasteiger partial charge in [0.25, 0.3) is 0 Å². The molecule has 1 aliphatic carbocycles. The first kappa shape index (κ1) is 18.3. The Morgan fingerprint density at radius 2 is 1.81 bits per heavy atom. The van der Waals surface area contributed by atoms with E-state index < -0.39 is 18.3 Å². The lowest BCUT2D eigenvalue weighted by Gasteiger charge is -2.32. The Hall–Kier alpha value is -1.11. The highest BCUT2D eigenvalue weighted by molar-refractivity contribution is 9.10. The van der Waals surface area contributed by atoms with Crippen LogP contribution in [-0.2, 0) is 21.8 Å². The van der Waals surface area contributed by atoms with E-state index in [-0.39, 0.29) is 11.1 Å². The highest BCUT2D eigenvalue weighted by Gasteiger charge is 2.54. The summed E-state index contributed by atoms with van der Waals surface area (Å²) in [5, 5.41) is 1.16. The molecule has 2 aliphatic rings. The fourth-order valence-corrected chi connectivity index (χ4v) is 4.38. The van der Waals surface area contributed by atoms with Gasteiger partial charge in [0, 0.05) is 28.5 Å². The minimum absolute atomic E-state index is 0.270. The van der Waals surface area contributed by atoms with Crippen LogP contribution in [0.15, 0.2) is 40.7 Å². The van der Waals surface area contributed by atoms with Crippen molar-refractivity contribution in [2.24, 2.45) is 7.05 Å². The van der Waals surface area contributed by atoms with Gasteiger partial charge in [0.1, 0.15) is 5.73 Å². The number of rotatable bonds is 3. The molecule has 6 heteroatoms. The summed E-state index contributed by atoms with van der Waals surface area (Å²) in [6, 6.07) is 6.17. The van der Waals surface area contributed by atoms with Gasteiger partial charge in [-0.2, -0.15) is 0 Å². The van der Waals surface area contributed by atoms with E-state index in [1.54, 1.807) is 6.08 Å². The number of hydrogen-bond donors (Lipinski definition) is 0. The second kappa shape index (κ2) is 5.70. The number of nitrogens with zero attached hydrogens (tertiary/aromatic N) is 1. The van der Waals surface area contributed by atoms with Gasteiger partial charge in [0.15, 0.2) is 0 Å². The molecule has 2 aromatic rings. The summed E-state index contributed by atoms with van der Waals surface area (Å²) in [4.78, 5) is 0. The van der Waals surface area contributed by atoms with Crippen molar-refractivity contribution in [1.29, 1.82) is 0 Å². The largest absolute Gasteiger partial charge is 0.524 e. The zero-order valence-electron chi connectivity index (χ0n) is 15.9. The first-order valence-electron chi connectivity index (χ1n) is 9.04. The van der Waals surface area contributed by atoms with E-state index >= 15 is 4.39 Å². The Labute approximate surface area is 162 Å². The topological polar surface area (TPSA) is 23.4 Å². The van der Waals surface area contributed by atoms with Gasteiger partial charge in [0.2, 0.25) is 0 Å². The van der Waals surface area contributed by atoms with Crippen molar-refractivity contribution in [2.75, 3.05) is 0 Å². The average molecular weight is 420 g/mol. The molecular weight excluding hydrogens is 396 g/mol. The summed E-state index contributed by atoms with van der Waals surface area (Å²) >= 11 is 3.63. The fourth-order valence-electron chi connectivity index (χ4n) is 3.73. The Bertz CT molecular complexity index is 898. The third-order valence-corrected chi connectivity index (χ3v) is 6.81. The smallest absolute Gasteiger partial charge is 0.398 e. The van der Waals surface area contributed by atoms with E-state index in [9.17, 15) is 0 Å². The molecule has 26 heavy (non-hydrogen) atoms. The predicted octanol–water partition coefficient (Wildman–Crippen LogP) is 5.46. The minimum Gasteiger partial charge on any atom is -0.398 e. The van der Waals surface area contributed by atoms with Gasteiger partial charge in [-0.15, -0.1) is 0 Å². The van der Waals surface area contributed by atoms with Crippen molar-refractivity contribution in [2.45, 2.75) is 57.2 Å².